The first-order valence-electron chi connectivity index (χ1n) is 17.2. The average molecular weight is 612 g/mol. The smallest absolute Gasteiger partial charge is 0.0537 e. The number of benzene rings is 7. The first-order valence-corrected chi connectivity index (χ1v) is 17.2. The molecule has 0 spiro atoms. The van der Waals surface area contributed by atoms with Gasteiger partial charge in [-0.3, -0.25) is 0 Å². The van der Waals surface area contributed by atoms with E-state index < -0.39 is 0 Å². The van der Waals surface area contributed by atoms with E-state index in [0.717, 1.165) is 12.8 Å². The van der Waals surface area contributed by atoms with Crippen molar-refractivity contribution >= 4 is 21.7 Å². The molecule has 1 heterocycles. The molecular weight excluding hydrogens is 579 g/mol. The van der Waals surface area contributed by atoms with Crippen molar-refractivity contribution in [2.45, 2.75) is 32.1 Å². The van der Waals surface area contributed by atoms with Crippen molar-refractivity contribution in [2.24, 2.45) is 0 Å². The Labute approximate surface area is 280 Å². The van der Waals surface area contributed by atoms with E-state index in [1.165, 1.54) is 105 Å². The Hall–Kier alpha value is -5.66. The van der Waals surface area contributed by atoms with E-state index in [-0.39, 0.29) is 5.41 Å². The molecule has 0 unspecified atom stereocenters. The molecule has 0 saturated carbocycles. The van der Waals surface area contributed by atoms with Gasteiger partial charge in [0.15, 0.2) is 0 Å². The second-order valence-electron chi connectivity index (χ2n) is 14.3. The first-order chi connectivity index (χ1) is 23.6. The number of aromatic nitrogens is 1. The molecule has 3 aliphatic carbocycles. The number of nitrogens with zero attached hydrogens (tertiary/aromatic N) is 1. The molecule has 1 heteroatoms. The van der Waals surface area contributed by atoms with Gasteiger partial charge in [0.2, 0.25) is 0 Å². The highest BCUT2D eigenvalue weighted by molar-refractivity contribution is 6.18. The lowest BCUT2D eigenvalue weighted by Gasteiger charge is -2.29. The largest absolute Gasteiger partial charge is 0.313 e. The van der Waals surface area contributed by atoms with Gasteiger partial charge in [0.25, 0.3) is 0 Å². The maximum absolute atomic E-state index is 2.54. The van der Waals surface area contributed by atoms with Gasteiger partial charge in [0.1, 0.15) is 0 Å². The van der Waals surface area contributed by atoms with Crippen molar-refractivity contribution in [3.63, 3.8) is 0 Å². The zero-order valence-corrected chi connectivity index (χ0v) is 27.1. The van der Waals surface area contributed by atoms with Crippen LogP contribution in [0.4, 0.5) is 0 Å². The molecule has 1 aromatic heterocycles. The minimum absolute atomic E-state index is 0.00556. The molecule has 0 saturated heterocycles. The van der Waals surface area contributed by atoms with Crippen LogP contribution in [0, 0.1) is 0 Å². The summed E-state index contributed by atoms with van der Waals surface area (Å²) in [7, 11) is 0. The molecule has 226 valence electrons. The monoisotopic (exact) mass is 611 g/mol. The van der Waals surface area contributed by atoms with Crippen molar-refractivity contribution in [2.75, 3.05) is 0 Å². The molecule has 8 aromatic rings. The van der Waals surface area contributed by atoms with Crippen LogP contribution in [-0.2, 0) is 18.3 Å². The summed E-state index contributed by atoms with van der Waals surface area (Å²) in [5, 5.41) is 4.05. The molecule has 1 nitrogen and oxygen atoms in total. The highest BCUT2D eigenvalue weighted by Crippen LogP contribution is 2.54. The number of hydrogen-bond donors (Lipinski definition) is 0. The van der Waals surface area contributed by atoms with Crippen LogP contribution in [0.5, 0.6) is 0 Å². The van der Waals surface area contributed by atoms with E-state index in [0.29, 0.717) is 0 Å². The van der Waals surface area contributed by atoms with Crippen LogP contribution in [0.25, 0.3) is 83.0 Å². The fourth-order valence-corrected chi connectivity index (χ4v) is 9.70. The Morgan fingerprint density at radius 1 is 0.479 bits per heavy atom. The van der Waals surface area contributed by atoms with Gasteiger partial charge < -0.3 is 4.57 Å². The third-order valence-electron chi connectivity index (χ3n) is 11.7. The second-order valence-corrected chi connectivity index (χ2v) is 14.3. The number of para-hydroxylation sites is 1. The fourth-order valence-electron chi connectivity index (χ4n) is 9.70. The van der Waals surface area contributed by atoms with Crippen LogP contribution < -0.4 is 0 Å². The Kier molecular flexibility index (Phi) is 5.08. The highest BCUT2D eigenvalue weighted by Gasteiger charge is 2.39. The van der Waals surface area contributed by atoms with Crippen LogP contribution in [0.3, 0.4) is 0 Å². The van der Waals surface area contributed by atoms with Gasteiger partial charge in [-0.1, -0.05) is 135 Å². The van der Waals surface area contributed by atoms with E-state index in [1.54, 1.807) is 0 Å². The van der Waals surface area contributed by atoms with E-state index in [1.807, 2.05) is 0 Å². The maximum atomic E-state index is 2.54. The lowest BCUT2D eigenvalue weighted by molar-refractivity contribution is 0.648. The van der Waals surface area contributed by atoms with E-state index in [2.05, 4.69) is 158 Å². The third-order valence-corrected chi connectivity index (χ3v) is 11.7. The van der Waals surface area contributed by atoms with E-state index in [4.69, 9.17) is 0 Å². The van der Waals surface area contributed by atoms with Crippen molar-refractivity contribution in [1.29, 1.82) is 0 Å². The predicted molar refractivity (Wildman–Crippen MR) is 201 cm³/mol. The molecule has 0 amide bonds. The normalized spacial score (nSPS) is 14.5. The summed E-state index contributed by atoms with van der Waals surface area (Å²) < 4.78 is 2.54. The molecular formula is C47H33N. The van der Waals surface area contributed by atoms with Gasteiger partial charge in [-0.25, -0.2) is 0 Å². The lowest BCUT2D eigenvalue weighted by Crippen LogP contribution is -2.20. The van der Waals surface area contributed by atoms with Crippen molar-refractivity contribution < 1.29 is 0 Å². The molecule has 3 aliphatic rings. The van der Waals surface area contributed by atoms with Gasteiger partial charge in [0, 0.05) is 27.7 Å². The summed E-state index contributed by atoms with van der Waals surface area (Å²) in [6.45, 7) is 4.83. The topological polar surface area (TPSA) is 4.93 Å². The second kappa shape index (κ2) is 9.24. The van der Waals surface area contributed by atoms with Crippen molar-refractivity contribution in [3.8, 4) is 61.3 Å². The van der Waals surface area contributed by atoms with Crippen LogP contribution >= 0.6 is 0 Å². The lowest BCUT2D eigenvalue weighted by atomic mass is 9.75. The van der Waals surface area contributed by atoms with Crippen LogP contribution in [0.15, 0.2) is 140 Å². The summed E-state index contributed by atoms with van der Waals surface area (Å²) in [6, 6.07) is 52.4. The zero-order chi connectivity index (χ0) is 31.7. The SMILES string of the molecule is CC1(C)c2ccccc2-c2ccc3c(c21)CCc1c-3c2ccccc2n1-c1ccc(-c2ccc3c4c(cccc24)-c2ccccc2-3)cc1. The summed E-state index contributed by atoms with van der Waals surface area (Å²) in [5.74, 6) is 0. The Morgan fingerprint density at radius 3 is 1.94 bits per heavy atom. The fraction of sp³-hybridized carbons (Fsp3) is 0.106. The molecule has 0 aliphatic heterocycles. The zero-order valence-electron chi connectivity index (χ0n) is 27.1. The van der Waals surface area contributed by atoms with Crippen LogP contribution in [-0.4, -0.2) is 4.57 Å². The molecule has 48 heavy (non-hydrogen) atoms. The minimum Gasteiger partial charge on any atom is -0.313 e. The van der Waals surface area contributed by atoms with Gasteiger partial charge in [-0.05, 0) is 109 Å². The quantitative estimate of drug-likeness (QED) is 0.183. The number of rotatable bonds is 2. The van der Waals surface area contributed by atoms with Crippen molar-refractivity contribution in [3.05, 3.63) is 162 Å². The molecule has 0 atom stereocenters. The van der Waals surface area contributed by atoms with E-state index >= 15 is 0 Å². The van der Waals surface area contributed by atoms with Crippen LogP contribution in [0.2, 0.25) is 0 Å². The number of fused-ring (bicyclic) bond motifs is 12. The molecule has 0 N–H and O–H groups in total. The molecule has 11 rings (SSSR count). The predicted octanol–water partition coefficient (Wildman–Crippen LogP) is 12.2. The van der Waals surface area contributed by atoms with Crippen molar-refractivity contribution in [1.82, 2.24) is 4.57 Å². The highest BCUT2D eigenvalue weighted by atomic mass is 15.0. The molecule has 0 bridgehead atoms. The maximum Gasteiger partial charge on any atom is 0.0537 e. The third kappa shape index (κ3) is 3.26. The average Bonchev–Trinajstić information content (AvgIpc) is 3.73. The minimum atomic E-state index is -0.00556. The standard InChI is InChI=1S/C47H33N/c1-47(2)41-16-7-5-12-33(41)38-25-24-37-39(46(38)47)26-27-43-45(37)40-13-6-8-17-42(40)48(43)29-20-18-28(19-21-29)30-22-23-36-32-11-4-3-10-31(32)35-15-9-14-34(30)44(35)36/h3-25H,26-27H2,1-2H3. The summed E-state index contributed by atoms with van der Waals surface area (Å²) in [6.07, 6.45) is 2.08. The Morgan fingerprint density at radius 2 is 1.10 bits per heavy atom. The molecule has 7 aromatic carbocycles. The van der Waals surface area contributed by atoms with Gasteiger partial charge in [-0.15, -0.1) is 0 Å². The van der Waals surface area contributed by atoms with Gasteiger partial charge in [0.05, 0.1) is 5.52 Å². The first kappa shape index (κ1) is 26.4. The van der Waals surface area contributed by atoms with E-state index in [9.17, 15) is 0 Å². The van der Waals surface area contributed by atoms with Crippen LogP contribution in [0.1, 0.15) is 36.2 Å². The molecule has 0 fully saturated rings. The summed E-state index contributed by atoms with van der Waals surface area (Å²) in [4.78, 5) is 0. The summed E-state index contributed by atoms with van der Waals surface area (Å²) >= 11 is 0. The van der Waals surface area contributed by atoms with Gasteiger partial charge >= 0.3 is 0 Å². The summed E-state index contributed by atoms with van der Waals surface area (Å²) in [5.41, 5.74) is 22.0. The molecule has 0 radical (unpaired) electrons. The Balaban J connectivity index is 1.06. The number of hydrogen-bond acceptors (Lipinski definition) is 0. The van der Waals surface area contributed by atoms with Gasteiger partial charge in [-0.2, -0.15) is 0 Å². The Bertz CT molecular complexity index is 2650.